The van der Waals surface area contributed by atoms with Crippen molar-refractivity contribution >= 4 is 17.5 Å². The van der Waals surface area contributed by atoms with Crippen LogP contribution in [0.1, 0.15) is 31.4 Å². The summed E-state index contributed by atoms with van der Waals surface area (Å²) < 4.78 is 0. The van der Waals surface area contributed by atoms with Crippen molar-refractivity contribution in [2.24, 2.45) is 0 Å². The molecule has 0 spiro atoms. The van der Waals surface area contributed by atoms with Crippen molar-refractivity contribution in [1.29, 1.82) is 0 Å². The summed E-state index contributed by atoms with van der Waals surface area (Å²) in [4.78, 5) is 27.9. The number of aromatic nitrogens is 4. The van der Waals surface area contributed by atoms with Crippen molar-refractivity contribution in [1.82, 2.24) is 25.9 Å². The quantitative estimate of drug-likeness (QED) is 0.387. The number of aromatic amines is 1. The van der Waals surface area contributed by atoms with Crippen LogP contribution >= 0.6 is 0 Å². The van der Waals surface area contributed by atoms with Gasteiger partial charge in [-0.2, -0.15) is 5.21 Å². The lowest BCUT2D eigenvalue weighted by Crippen LogP contribution is -2.47. The summed E-state index contributed by atoms with van der Waals surface area (Å²) in [6.07, 6.45) is 2.80. The van der Waals surface area contributed by atoms with E-state index in [0.29, 0.717) is 25.2 Å². The minimum Gasteiger partial charge on any atom is -0.341 e. The number of tetrazole rings is 1. The van der Waals surface area contributed by atoms with E-state index >= 15 is 0 Å². The monoisotopic (exact) mass is 492 g/mol. The molecule has 0 unspecified atom stereocenters. The number of H-pyrrole nitrogens is 1. The fourth-order valence-electron chi connectivity index (χ4n) is 4.67. The molecule has 0 radical (unpaired) electrons. The number of fused-ring (bicyclic) bond motifs is 1. The minimum atomic E-state index is -0.586. The summed E-state index contributed by atoms with van der Waals surface area (Å²) in [6.45, 7) is 4.12. The van der Waals surface area contributed by atoms with Crippen LogP contribution in [0.3, 0.4) is 0 Å². The molecular weight excluding hydrogens is 464 g/mol. The number of aryl methyl sites for hydroxylation is 1. The van der Waals surface area contributed by atoms with Crippen molar-refractivity contribution in [3.05, 3.63) is 95.6 Å². The zero-order chi connectivity index (χ0) is 25.8. The van der Waals surface area contributed by atoms with E-state index in [9.17, 15) is 9.59 Å². The number of anilines is 1. The number of nitrogens with one attached hydrogen (secondary N) is 2. The minimum absolute atomic E-state index is 0.105. The zero-order valence-corrected chi connectivity index (χ0v) is 20.8. The standard InChI is InChI=1S/C29H28N6O2/c1-19(2)17-27(36)30-25-16-15-22-7-3-6-10-26(22)35(29(25)37)18-20-11-13-21(14-12-20)23-8-4-5-9-24(23)28-31-33-34-32-28/h3-14,17,25H,15-16,18H2,1-2H3,(H,30,36)(H,31,32,33,34)/t25-/m1/s1. The maximum absolute atomic E-state index is 13.7. The van der Waals surface area contributed by atoms with E-state index in [2.05, 4.69) is 25.9 Å². The van der Waals surface area contributed by atoms with Crippen LogP contribution in [0.4, 0.5) is 5.69 Å². The van der Waals surface area contributed by atoms with Crippen LogP contribution in [0.25, 0.3) is 22.5 Å². The van der Waals surface area contributed by atoms with Crippen LogP contribution in [-0.4, -0.2) is 38.5 Å². The molecule has 3 aromatic carbocycles. The summed E-state index contributed by atoms with van der Waals surface area (Å²) in [5.41, 5.74) is 6.75. The lowest BCUT2D eigenvalue weighted by atomic mass is 9.98. The van der Waals surface area contributed by atoms with Crippen molar-refractivity contribution in [2.75, 3.05) is 4.90 Å². The van der Waals surface area contributed by atoms with Crippen molar-refractivity contribution < 1.29 is 9.59 Å². The van der Waals surface area contributed by atoms with Gasteiger partial charge in [-0.05, 0) is 60.2 Å². The molecule has 0 saturated carbocycles. The second-order valence-electron chi connectivity index (χ2n) is 9.35. The summed E-state index contributed by atoms with van der Waals surface area (Å²) in [5.74, 6) is 0.188. The number of nitrogens with zero attached hydrogens (tertiary/aromatic N) is 4. The van der Waals surface area contributed by atoms with Crippen molar-refractivity contribution in [3.63, 3.8) is 0 Å². The van der Waals surface area contributed by atoms with Gasteiger partial charge in [0.25, 0.3) is 0 Å². The lowest BCUT2D eigenvalue weighted by Gasteiger charge is -2.26. The number of hydrogen-bond donors (Lipinski definition) is 2. The van der Waals surface area contributed by atoms with Crippen LogP contribution in [0.15, 0.2) is 84.4 Å². The Bertz CT molecular complexity index is 1440. The molecule has 8 nitrogen and oxygen atoms in total. The topological polar surface area (TPSA) is 104 Å². The molecule has 2 heterocycles. The highest BCUT2D eigenvalue weighted by atomic mass is 16.2. The van der Waals surface area contributed by atoms with Crippen LogP contribution < -0.4 is 10.2 Å². The smallest absolute Gasteiger partial charge is 0.249 e. The molecule has 8 heteroatoms. The first-order chi connectivity index (χ1) is 18.0. The number of allylic oxidation sites excluding steroid dienone is 1. The van der Waals surface area contributed by atoms with E-state index in [1.54, 1.807) is 4.90 Å². The molecule has 1 aromatic heterocycles. The molecule has 1 atom stereocenters. The third-order valence-electron chi connectivity index (χ3n) is 6.40. The molecule has 1 aliphatic heterocycles. The largest absolute Gasteiger partial charge is 0.341 e. The highest BCUT2D eigenvalue weighted by Crippen LogP contribution is 2.31. The SMILES string of the molecule is CC(C)=CC(=O)N[C@@H]1CCc2ccccc2N(Cc2ccc(-c3ccccc3-c3nn[nH]n3)cc2)C1=O. The molecule has 4 aromatic rings. The Balaban J connectivity index is 1.42. The van der Waals surface area contributed by atoms with E-state index in [4.69, 9.17) is 0 Å². The van der Waals surface area contributed by atoms with E-state index < -0.39 is 6.04 Å². The molecule has 0 saturated heterocycles. The van der Waals surface area contributed by atoms with Crippen molar-refractivity contribution in [2.45, 2.75) is 39.3 Å². The first-order valence-electron chi connectivity index (χ1n) is 12.3. The normalized spacial score (nSPS) is 15.0. The van der Waals surface area contributed by atoms with Gasteiger partial charge >= 0.3 is 0 Å². The Kier molecular flexibility index (Phi) is 6.89. The number of hydrogen-bond acceptors (Lipinski definition) is 5. The van der Waals surface area contributed by atoms with Gasteiger partial charge in [0.15, 0.2) is 0 Å². The predicted molar refractivity (Wildman–Crippen MR) is 142 cm³/mol. The highest BCUT2D eigenvalue weighted by Gasteiger charge is 2.31. The summed E-state index contributed by atoms with van der Waals surface area (Å²) in [5, 5.41) is 17.4. The molecule has 186 valence electrons. The molecule has 1 aliphatic rings. The Morgan fingerprint density at radius 3 is 2.49 bits per heavy atom. The molecule has 37 heavy (non-hydrogen) atoms. The number of rotatable bonds is 6. The number of para-hydroxylation sites is 1. The summed E-state index contributed by atoms with van der Waals surface area (Å²) >= 11 is 0. The molecule has 0 bridgehead atoms. The van der Waals surface area contributed by atoms with E-state index in [1.165, 1.54) is 6.08 Å². The number of carbonyl (C=O) groups excluding carboxylic acids is 2. The van der Waals surface area contributed by atoms with Gasteiger partial charge in [0.2, 0.25) is 17.6 Å². The van der Waals surface area contributed by atoms with E-state index in [1.807, 2.05) is 86.6 Å². The lowest BCUT2D eigenvalue weighted by molar-refractivity contribution is -0.125. The maximum atomic E-state index is 13.7. The van der Waals surface area contributed by atoms with Crippen LogP contribution in [0.5, 0.6) is 0 Å². The average molecular weight is 493 g/mol. The molecule has 0 fully saturated rings. The Morgan fingerprint density at radius 1 is 1.03 bits per heavy atom. The summed E-state index contributed by atoms with van der Waals surface area (Å²) in [7, 11) is 0. The second-order valence-corrected chi connectivity index (χ2v) is 9.35. The van der Waals surface area contributed by atoms with Crippen molar-refractivity contribution in [3.8, 4) is 22.5 Å². The molecule has 2 N–H and O–H groups in total. The molecule has 5 rings (SSSR count). The summed E-state index contributed by atoms with van der Waals surface area (Å²) in [6, 6.07) is 23.4. The third kappa shape index (κ3) is 5.33. The van der Waals surface area contributed by atoms with Gasteiger partial charge in [0.1, 0.15) is 6.04 Å². The maximum Gasteiger partial charge on any atom is 0.249 e. The third-order valence-corrected chi connectivity index (χ3v) is 6.40. The van der Waals surface area contributed by atoms with Gasteiger partial charge in [-0.1, -0.05) is 72.3 Å². The van der Waals surface area contributed by atoms with Gasteiger partial charge in [-0.3, -0.25) is 9.59 Å². The van der Waals surface area contributed by atoms with Gasteiger partial charge in [0, 0.05) is 17.3 Å². The Morgan fingerprint density at radius 2 is 1.76 bits per heavy atom. The van der Waals surface area contributed by atoms with Crippen LogP contribution in [0.2, 0.25) is 0 Å². The van der Waals surface area contributed by atoms with Gasteiger partial charge < -0.3 is 10.2 Å². The Labute approximate surface area is 215 Å². The van der Waals surface area contributed by atoms with Crippen LogP contribution in [0, 0.1) is 0 Å². The highest BCUT2D eigenvalue weighted by molar-refractivity contribution is 6.01. The molecular formula is C29H28N6O2. The fraction of sp³-hybridized carbons (Fsp3) is 0.207. The number of amides is 2. The number of carbonyl (C=O) groups is 2. The fourth-order valence-corrected chi connectivity index (χ4v) is 4.67. The molecule has 0 aliphatic carbocycles. The van der Waals surface area contributed by atoms with Gasteiger partial charge in [-0.25, -0.2) is 0 Å². The Hall–Kier alpha value is -4.59. The van der Waals surface area contributed by atoms with E-state index in [-0.39, 0.29) is 11.8 Å². The van der Waals surface area contributed by atoms with E-state index in [0.717, 1.165) is 39.1 Å². The second kappa shape index (κ2) is 10.6. The predicted octanol–water partition coefficient (Wildman–Crippen LogP) is 4.46. The first-order valence-corrected chi connectivity index (χ1v) is 12.3. The number of benzene rings is 3. The first kappa shape index (κ1) is 24.1. The molecule has 2 amide bonds. The average Bonchev–Trinajstić information content (AvgIpc) is 3.41. The van der Waals surface area contributed by atoms with Gasteiger partial charge in [0.05, 0.1) is 6.54 Å². The zero-order valence-electron chi connectivity index (χ0n) is 20.8. The van der Waals surface area contributed by atoms with Crippen LogP contribution in [-0.2, 0) is 22.6 Å². The van der Waals surface area contributed by atoms with Gasteiger partial charge in [-0.15, -0.1) is 10.2 Å².